The molecule has 0 aliphatic heterocycles. The van der Waals surface area contributed by atoms with Crippen LogP contribution in [0.15, 0.2) is 42.5 Å². The fourth-order valence-electron chi connectivity index (χ4n) is 2.89. The molecule has 0 radical (unpaired) electrons. The Hall–Kier alpha value is -2.41. The molecule has 0 atom stereocenters. The number of fused-ring (bicyclic) bond motifs is 1. The van der Waals surface area contributed by atoms with Gasteiger partial charge in [0.05, 0.1) is 0 Å². The van der Waals surface area contributed by atoms with Crippen LogP contribution in [0.4, 0.5) is 0 Å². The third kappa shape index (κ3) is 1.52. The fraction of sp³-hybridized carbons (Fsp3) is 0.0556. The van der Waals surface area contributed by atoms with Gasteiger partial charge in [-0.05, 0) is 38.6 Å². The van der Waals surface area contributed by atoms with E-state index in [1.54, 1.807) is 0 Å². The average molecular weight is 244 g/mol. The number of Topliss-reactive ketones (excluding diaryl/α,β-unsaturated/α-hetero) is 1. The lowest BCUT2D eigenvalue weighted by molar-refractivity contribution is -0.112. The van der Waals surface area contributed by atoms with Crippen LogP contribution < -0.4 is 20.9 Å². The predicted molar refractivity (Wildman–Crippen MR) is 76.9 cm³/mol. The number of hydrogen-bond acceptors (Lipinski definition) is 1. The molecule has 0 heterocycles. The van der Waals surface area contributed by atoms with E-state index < -0.39 is 0 Å². The maximum Gasteiger partial charge on any atom is 0.167 e. The van der Waals surface area contributed by atoms with Gasteiger partial charge >= 0.3 is 0 Å². The van der Waals surface area contributed by atoms with E-state index in [1.807, 2.05) is 24.3 Å². The van der Waals surface area contributed by atoms with E-state index >= 15 is 0 Å². The summed E-state index contributed by atoms with van der Waals surface area (Å²) in [4.78, 5) is 12.2. The molecule has 0 amide bonds. The van der Waals surface area contributed by atoms with Crippen LogP contribution in [0.3, 0.4) is 0 Å². The van der Waals surface area contributed by atoms with Crippen LogP contribution >= 0.6 is 0 Å². The third-order valence-corrected chi connectivity index (χ3v) is 3.81. The van der Waals surface area contributed by atoms with Crippen molar-refractivity contribution in [1.29, 1.82) is 0 Å². The Morgan fingerprint density at radius 1 is 0.789 bits per heavy atom. The van der Waals surface area contributed by atoms with Crippen LogP contribution in [0, 0.1) is 0 Å². The van der Waals surface area contributed by atoms with Gasteiger partial charge in [-0.3, -0.25) is 4.79 Å². The zero-order valence-electron chi connectivity index (χ0n) is 10.4. The Labute approximate surface area is 110 Å². The van der Waals surface area contributed by atoms with E-state index in [0.29, 0.717) is 6.42 Å². The van der Waals surface area contributed by atoms with Gasteiger partial charge in [-0.25, -0.2) is 0 Å². The number of benzene rings is 2. The topological polar surface area (TPSA) is 17.1 Å². The van der Waals surface area contributed by atoms with E-state index in [2.05, 4.69) is 36.4 Å². The molecule has 0 saturated heterocycles. The van der Waals surface area contributed by atoms with Crippen LogP contribution in [0.2, 0.25) is 0 Å². The van der Waals surface area contributed by atoms with Gasteiger partial charge in [-0.2, -0.15) is 0 Å². The molecule has 0 unspecified atom stereocenters. The zero-order valence-corrected chi connectivity index (χ0v) is 10.4. The van der Waals surface area contributed by atoms with E-state index in [-0.39, 0.29) is 5.78 Å². The van der Waals surface area contributed by atoms with E-state index in [1.165, 1.54) is 10.4 Å². The molecule has 2 aromatic carbocycles. The molecule has 2 aliphatic carbocycles. The molecule has 0 saturated carbocycles. The van der Waals surface area contributed by atoms with Gasteiger partial charge in [-0.15, -0.1) is 0 Å². The molecule has 1 heteroatoms. The summed E-state index contributed by atoms with van der Waals surface area (Å²) in [7, 11) is 0. The lowest BCUT2D eigenvalue weighted by atomic mass is 9.95. The summed E-state index contributed by atoms with van der Waals surface area (Å²) in [6.45, 7) is 0. The van der Waals surface area contributed by atoms with Crippen molar-refractivity contribution in [3.63, 3.8) is 0 Å². The minimum Gasteiger partial charge on any atom is -0.294 e. The minimum atomic E-state index is 0.213. The molecule has 4 rings (SSSR count). The van der Waals surface area contributed by atoms with E-state index in [0.717, 1.165) is 21.6 Å². The van der Waals surface area contributed by atoms with Crippen molar-refractivity contribution in [1.82, 2.24) is 0 Å². The van der Waals surface area contributed by atoms with Crippen LogP contribution in [0.25, 0.3) is 23.8 Å². The van der Waals surface area contributed by atoms with E-state index in [4.69, 9.17) is 0 Å². The summed E-state index contributed by atoms with van der Waals surface area (Å²) in [5.41, 5.74) is 1.99. The number of hydrogen-bond donors (Lipinski definition) is 0. The second-order valence-electron chi connectivity index (χ2n) is 4.97. The molecule has 0 N–H and O–H groups in total. The summed E-state index contributed by atoms with van der Waals surface area (Å²) >= 11 is 0. The molecule has 0 aromatic heterocycles. The van der Waals surface area contributed by atoms with Crippen molar-refractivity contribution in [2.24, 2.45) is 0 Å². The Kier molecular flexibility index (Phi) is 2.10. The molecule has 2 aliphatic rings. The first-order chi connectivity index (χ1) is 9.33. The molecule has 0 bridgehead atoms. The summed E-state index contributed by atoms with van der Waals surface area (Å²) in [6, 6.07) is 14.4. The molecular weight excluding hydrogens is 232 g/mol. The van der Waals surface area contributed by atoms with Gasteiger partial charge < -0.3 is 0 Å². The number of ketones is 1. The maximum atomic E-state index is 12.2. The number of rotatable bonds is 0. The van der Waals surface area contributed by atoms with Gasteiger partial charge in [0, 0.05) is 12.0 Å². The lowest BCUT2D eigenvalue weighted by Crippen LogP contribution is -2.34. The molecule has 0 spiro atoms. The highest BCUT2D eigenvalue weighted by Gasteiger charge is 2.14. The molecule has 0 fully saturated rings. The first-order valence-corrected chi connectivity index (χ1v) is 6.48. The number of carbonyl (C=O) groups is 1. The minimum absolute atomic E-state index is 0.213. The Morgan fingerprint density at radius 2 is 1.53 bits per heavy atom. The van der Waals surface area contributed by atoms with Crippen LogP contribution in [-0.4, -0.2) is 5.78 Å². The van der Waals surface area contributed by atoms with Crippen molar-refractivity contribution in [2.75, 3.05) is 0 Å². The molecule has 19 heavy (non-hydrogen) atoms. The highest BCUT2D eigenvalue weighted by molar-refractivity contribution is 6.26. The van der Waals surface area contributed by atoms with Crippen molar-refractivity contribution in [2.45, 2.75) is 6.42 Å². The summed E-state index contributed by atoms with van der Waals surface area (Å²) in [5, 5.41) is 4.56. The quantitative estimate of drug-likeness (QED) is 0.647. The van der Waals surface area contributed by atoms with Crippen molar-refractivity contribution < 1.29 is 4.79 Å². The highest BCUT2D eigenvalue weighted by Crippen LogP contribution is 2.08. The van der Waals surface area contributed by atoms with Crippen molar-refractivity contribution >= 4 is 29.6 Å². The first-order valence-electron chi connectivity index (χ1n) is 6.48. The zero-order chi connectivity index (χ0) is 12.8. The van der Waals surface area contributed by atoms with Gasteiger partial charge in [0.15, 0.2) is 5.78 Å². The lowest BCUT2D eigenvalue weighted by Gasteiger charge is -2.07. The van der Waals surface area contributed by atoms with Crippen molar-refractivity contribution in [3.8, 4) is 0 Å². The van der Waals surface area contributed by atoms with Gasteiger partial charge in [-0.1, -0.05) is 48.5 Å². The standard InChI is InChI=1S/C18H12O/c19-17-9-8-12-6-3-7-15-10-13-4-1-2-5-14(13)11-16(17)18(12)15/h1-8,10-11H,9H2. The average Bonchev–Trinajstić information content (AvgIpc) is 2.61. The van der Waals surface area contributed by atoms with Gasteiger partial charge in [0.1, 0.15) is 0 Å². The largest absolute Gasteiger partial charge is 0.294 e. The molecule has 2 aromatic rings. The van der Waals surface area contributed by atoms with Crippen LogP contribution in [0.1, 0.15) is 12.0 Å². The normalized spacial score (nSPS) is 15.4. The predicted octanol–water partition coefficient (Wildman–Crippen LogP) is 0.214. The van der Waals surface area contributed by atoms with E-state index in [9.17, 15) is 4.79 Å². The van der Waals surface area contributed by atoms with Crippen molar-refractivity contribution in [3.05, 3.63) is 68.9 Å². The molecular formula is C18H12O. The van der Waals surface area contributed by atoms with Gasteiger partial charge in [0.2, 0.25) is 0 Å². The Morgan fingerprint density at radius 3 is 2.37 bits per heavy atom. The molecule has 1 nitrogen and oxygen atoms in total. The number of carbonyl (C=O) groups excluding carboxylic acids is 1. The molecule has 90 valence electrons. The van der Waals surface area contributed by atoms with Crippen LogP contribution in [-0.2, 0) is 4.79 Å². The second kappa shape index (κ2) is 3.79. The van der Waals surface area contributed by atoms with Gasteiger partial charge in [0.25, 0.3) is 0 Å². The summed E-state index contributed by atoms with van der Waals surface area (Å²) < 4.78 is 0. The van der Waals surface area contributed by atoms with Crippen LogP contribution in [0.5, 0.6) is 0 Å². The Bertz CT molecular complexity index is 946. The fourth-order valence-corrected chi connectivity index (χ4v) is 2.89. The highest BCUT2D eigenvalue weighted by atomic mass is 16.1. The summed E-state index contributed by atoms with van der Waals surface area (Å²) in [6.07, 6.45) is 6.74. The third-order valence-electron chi connectivity index (χ3n) is 3.81. The Balaban J connectivity index is 2.32. The summed E-state index contributed by atoms with van der Waals surface area (Å²) in [5.74, 6) is 0.213. The SMILES string of the molecule is O=C1CC=c2cccc3c2=C1C=c1ccccc1=C3. The maximum absolute atomic E-state index is 12.2. The second-order valence-corrected chi connectivity index (χ2v) is 4.97. The smallest absolute Gasteiger partial charge is 0.167 e. The monoisotopic (exact) mass is 244 g/mol. The first kappa shape index (κ1) is 10.5.